The van der Waals surface area contributed by atoms with Gasteiger partial charge in [0.25, 0.3) is 0 Å². The summed E-state index contributed by atoms with van der Waals surface area (Å²) < 4.78 is 4.87. The van der Waals surface area contributed by atoms with Crippen molar-refractivity contribution in [2.75, 3.05) is 0 Å². The maximum absolute atomic E-state index is 11.0. The Labute approximate surface area is 84.1 Å². The molecule has 74 valence electrons. The van der Waals surface area contributed by atoms with Crippen LogP contribution in [0.5, 0.6) is 0 Å². The van der Waals surface area contributed by atoms with Gasteiger partial charge in [-0.15, -0.1) is 0 Å². The molecule has 1 heterocycles. The zero-order valence-electron chi connectivity index (χ0n) is 7.60. The normalized spacial score (nSPS) is 10.1. The van der Waals surface area contributed by atoms with Gasteiger partial charge in [-0.1, -0.05) is 0 Å². The highest BCUT2D eigenvalue weighted by Crippen LogP contribution is 2.16. The summed E-state index contributed by atoms with van der Waals surface area (Å²) in [6, 6.07) is 5.62. The summed E-state index contributed by atoms with van der Waals surface area (Å²) in [6.45, 7) is 0. The molecule has 0 saturated heterocycles. The number of fused-ring (bicyclic) bond motifs is 1. The summed E-state index contributed by atoms with van der Waals surface area (Å²) in [4.78, 5) is 32.3. The van der Waals surface area contributed by atoms with Gasteiger partial charge in [0.05, 0.1) is 0 Å². The second-order valence-electron chi connectivity index (χ2n) is 3.01. The van der Waals surface area contributed by atoms with Gasteiger partial charge in [-0.05, 0) is 18.2 Å². The van der Waals surface area contributed by atoms with Crippen LogP contribution < -0.4 is 5.63 Å². The van der Waals surface area contributed by atoms with Crippen LogP contribution in [0.3, 0.4) is 0 Å². The zero-order chi connectivity index (χ0) is 10.8. The lowest BCUT2D eigenvalue weighted by molar-refractivity contribution is 0.111. The fourth-order valence-electron chi connectivity index (χ4n) is 1.38. The standard InChI is InChI=1S/C11H6O4/c12-5-7-1-2-10-9(3-7)8(6-13)4-11(14)15-10/h1-6H. The van der Waals surface area contributed by atoms with Gasteiger partial charge in [0.15, 0.2) is 6.29 Å². The number of benzene rings is 1. The average molecular weight is 202 g/mol. The smallest absolute Gasteiger partial charge is 0.336 e. The highest BCUT2D eigenvalue weighted by atomic mass is 16.4. The molecule has 0 aliphatic carbocycles. The van der Waals surface area contributed by atoms with Crippen molar-refractivity contribution in [2.24, 2.45) is 0 Å². The van der Waals surface area contributed by atoms with E-state index in [4.69, 9.17) is 4.42 Å². The van der Waals surface area contributed by atoms with E-state index in [9.17, 15) is 14.4 Å². The van der Waals surface area contributed by atoms with Gasteiger partial charge in [0.1, 0.15) is 11.9 Å². The Bertz CT molecular complexity index is 595. The molecule has 2 aromatic rings. The summed E-state index contributed by atoms with van der Waals surface area (Å²) in [7, 11) is 0. The molecule has 0 amide bonds. The lowest BCUT2D eigenvalue weighted by Crippen LogP contribution is -2.00. The Morgan fingerprint density at radius 1 is 1.07 bits per heavy atom. The molecule has 0 aliphatic rings. The minimum Gasteiger partial charge on any atom is -0.423 e. The third-order valence-electron chi connectivity index (χ3n) is 2.06. The van der Waals surface area contributed by atoms with E-state index in [2.05, 4.69) is 0 Å². The molecular formula is C11H6O4. The van der Waals surface area contributed by atoms with E-state index in [-0.39, 0.29) is 5.56 Å². The Morgan fingerprint density at radius 2 is 1.87 bits per heavy atom. The summed E-state index contributed by atoms with van der Waals surface area (Å²) in [5, 5.41) is 0.467. The molecule has 0 bridgehead atoms. The van der Waals surface area contributed by atoms with Crippen LogP contribution in [0, 0.1) is 0 Å². The van der Waals surface area contributed by atoms with Crippen molar-refractivity contribution < 1.29 is 14.0 Å². The van der Waals surface area contributed by atoms with Crippen LogP contribution in [0.4, 0.5) is 0 Å². The predicted octanol–water partition coefficient (Wildman–Crippen LogP) is 1.42. The Balaban J connectivity index is 2.90. The van der Waals surface area contributed by atoms with E-state index in [1.54, 1.807) is 0 Å². The number of aldehydes is 2. The first-order valence-electron chi connectivity index (χ1n) is 4.23. The zero-order valence-corrected chi connectivity index (χ0v) is 7.60. The van der Waals surface area contributed by atoms with E-state index >= 15 is 0 Å². The highest BCUT2D eigenvalue weighted by molar-refractivity contribution is 5.97. The first-order valence-corrected chi connectivity index (χ1v) is 4.23. The van der Waals surface area contributed by atoms with Crippen molar-refractivity contribution in [3.63, 3.8) is 0 Å². The van der Waals surface area contributed by atoms with Crippen molar-refractivity contribution in [3.05, 3.63) is 45.8 Å². The molecule has 1 aromatic carbocycles. The van der Waals surface area contributed by atoms with Gasteiger partial charge in [0.2, 0.25) is 0 Å². The lowest BCUT2D eigenvalue weighted by Gasteiger charge is -1.99. The first-order chi connectivity index (χ1) is 7.24. The minimum atomic E-state index is -0.580. The SMILES string of the molecule is O=Cc1ccc2oc(=O)cc(C=O)c2c1. The third kappa shape index (κ3) is 1.57. The van der Waals surface area contributed by atoms with Crippen LogP contribution in [0.2, 0.25) is 0 Å². The summed E-state index contributed by atoms with van der Waals surface area (Å²) in [5.41, 5.74) is 0.378. The largest absolute Gasteiger partial charge is 0.423 e. The fraction of sp³-hybridized carbons (Fsp3) is 0. The third-order valence-corrected chi connectivity index (χ3v) is 2.06. The second-order valence-corrected chi connectivity index (χ2v) is 3.01. The molecule has 0 aliphatic heterocycles. The number of rotatable bonds is 2. The summed E-state index contributed by atoms with van der Waals surface area (Å²) >= 11 is 0. The topological polar surface area (TPSA) is 64.3 Å². The van der Waals surface area contributed by atoms with Gasteiger partial charge >= 0.3 is 5.63 Å². The minimum absolute atomic E-state index is 0.227. The summed E-state index contributed by atoms with van der Waals surface area (Å²) in [5.74, 6) is 0. The molecule has 2 rings (SSSR count). The monoisotopic (exact) mass is 202 g/mol. The first kappa shape index (κ1) is 9.33. The molecule has 0 radical (unpaired) electrons. The van der Waals surface area contributed by atoms with Gasteiger partial charge < -0.3 is 4.42 Å². The van der Waals surface area contributed by atoms with Crippen LogP contribution in [0.25, 0.3) is 11.0 Å². The number of carbonyl (C=O) groups excluding carboxylic acids is 2. The van der Waals surface area contributed by atoms with Crippen molar-refractivity contribution in [1.82, 2.24) is 0 Å². The molecule has 15 heavy (non-hydrogen) atoms. The van der Waals surface area contributed by atoms with Gasteiger partial charge in [-0.2, -0.15) is 0 Å². The van der Waals surface area contributed by atoms with E-state index in [1.165, 1.54) is 18.2 Å². The van der Waals surface area contributed by atoms with E-state index < -0.39 is 5.63 Å². The fourth-order valence-corrected chi connectivity index (χ4v) is 1.38. The van der Waals surface area contributed by atoms with Gasteiger partial charge in [-0.3, -0.25) is 9.59 Å². The molecular weight excluding hydrogens is 196 g/mol. The quantitative estimate of drug-likeness (QED) is 0.545. The van der Waals surface area contributed by atoms with Crippen molar-refractivity contribution in [1.29, 1.82) is 0 Å². The number of hydrogen-bond donors (Lipinski definition) is 0. The van der Waals surface area contributed by atoms with Crippen LogP contribution in [-0.4, -0.2) is 12.6 Å². The molecule has 0 saturated carbocycles. The summed E-state index contributed by atoms with van der Waals surface area (Å²) in [6.07, 6.45) is 1.23. The van der Waals surface area contributed by atoms with Crippen molar-refractivity contribution >= 4 is 23.5 Å². The number of hydrogen-bond acceptors (Lipinski definition) is 4. The molecule has 0 N–H and O–H groups in total. The van der Waals surface area contributed by atoms with Crippen LogP contribution >= 0.6 is 0 Å². The Kier molecular flexibility index (Phi) is 2.17. The van der Waals surface area contributed by atoms with Crippen LogP contribution in [0.15, 0.2) is 33.5 Å². The van der Waals surface area contributed by atoms with Gasteiger partial charge in [0, 0.05) is 22.6 Å². The predicted molar refractivity (Wildman–Crippen MR) is 53.3 cm³/mol. The van der Waals surface area contributed by atoms with Crippen LogP contribution in [0.1, 0.15) is 20.7 Å². The van der Waals surface area contributed by atoms with Crippen LogP contribution in [-0.2, 0) is 0 Å². The molecule has 0 atom stereocenters. The van der Waals surface area contributed by atoms with E-state index in [0.29, 0.717) is 29.1 Å². The van der Waals surface area contributed by atoms with Gasteiger partial charge in [-0.25, -0.2) is 4.79 Å². The Morgan fingerprint density at radius 3 is 2.53 bits per heavy atom. The van der Waals surface area contributed by atoms with Crippen molar-refractivity contribution in [2.45, 2.75) is 0 Å². The average Bonchev–Trinajstić information content (AvgIpc) is 2.27. The van der Waals surface area contributed by atoms with E-state index in [1.807, 2.05) is 0 Å². The molecule has 4 heteroatoms. The second kappa shape index (κ2) is 3.49. The molecule has 1 aromatic heterocycles. The van der Waals surface area contributed by atoms with E-state index in [0.717, 1.165) is 6.07 Å². The molecule has 4 nitrogen and oxygen atoms in total. The molecule has 0 unspecified atom stereocenters. The molecule has 0 spiro atoms. The van der Waals surface area contributed by atoms with Crippen molar-refractivity contribution in [3.8, 4) is 0 Å². The Hall–Kier alpha value is -2.23. The number of carbonyl (C=O) groups is 2. The lowest BCUT2D eigenvalue weighted by atomic mass is 10.1. The maximum Gasteiger partial charge on any atom is 0.336 e. The highest BCUT2D eigenvalue weighted by Gasteiger charge is 2.05. The maximum atomic E-state index is 11.0. The molecule has 0 fully saturated rings.